The molecule has 0 bridgehead atoms. The van der Waals surface area contributed by atoms with Gasteiger partial charge in [-0.15, -0.1) is 0 Å². The van der Waals surface area contributed by atoms with E-state index in [0.29, 0.717) is 17.1 Å². The monoisotopic (exact) mass is 489 g/mol. The topological polar surface area (TPSA) is 71.4 Å². The molecule has 0 spiro atoms. The molecule has 0 saturated carbocycles. The predicted octanol–water partition coefficient (Wildman–Crippen LogP) is 6.54. The van der Waals surface area contributed by atoms with Crippen LogP contribution >= 0.6 is 0 Å². The Labute approximate surface area is 215 Å². The number of aromatic nitrogens is 2. The molecule has 0 atom stereocenters. The maximum absolute atomic E-state index is 12.6. The Hall–Kier alpha value is -4.78. The lowest BCUT2D eigenvalue weighted by Gasteiger charge is -2.19. The second-order valence-electron chi connectivity index (χ2n) is 9.03. The summed E-state index contributed by atoms with van der Waals surface area (Å²) in [6.45, 7) is 2.75. The Balaban J connectivity index is 1.05. The summed E-state index contributed by atoms with van der Waals surface area (Å²) in [6.07, 6.45) is 2.94. The summed E-state index contributed by atoms with van der Waals surface area (Å²) < 4.78 is 7.83. The van der Waals surface area contributed by atoms with Crippen molar-refractivity contribution < 1.29 is 9.53 Å². The summed E-state index contributed by atoms with van der Waals surface area (Å²) >= 11 is 0. The van der Waals surface area contributed by atoms with Gasteiger partial charge in [-0.25, -0.2) is 4.79 Å². The van der Waals surface area contributed by atoms with E-state index in [9.17, 15) is 4.79 Å². The highest BCUT2D eigenvalue weighted by Gasteiger charge is 2.18. The van der Waals surface area contributed by atoms with Crippen LogP contribution in [0.2, 0.25) is 0 Å². The molecular formula is C30H27N5O2. The Bertz CT molecular complexity index is 1530. The highest BCUT2D eigenvalue weighted by molar-refractivity contribution is 6.01. The molecule has 6 rings (SSSR count). The predicted molar refractivity (Wildman–Crippen MR) is 148 cm³/mol. The van der Waals surface area contributed by atoms with Crippen molar-refractivity contribution in [1.82, 2.24) is 9.78 Å². The third-order valence-electron chi connectivity index (χ3n) is 6.56. The van der Waals surface area contributed by atoms with Gasteiger partial charge in [0.2, 0.25) is 0 Å². The molecule has 1 aliphatic heterocycles. The summed E-state index contributed by atoms with van der Waals surface area (Å²) in [5.74, 6) is 1.47. The molecule has 2 heterocycles. The minimum atomic E-state index is -0.309. The van der Waals surface area contributed by atoms with Crippen molar-refractivity contribution in [3.05, 3.63) is 109 Å². The lowest BCUT2D eigenvalue weighted by atomic mass is 10.2. The molecule has 0 radical (unpaired) electrons. The maximum Gasteiger partial charge on any atom is 0.323 e. The van der Waals surface area contributed by atoms with Gasteiger partial charge >= 0.3 is 6.03 Å². The van der Waals surface area contributed by atoms with E-state index in [1.54, 1.807) is 0 Å². The standard InChI is InChI=1S/C30H27N5O2/c36-30(32-24-10-13-27(14-11-24)37-26-7-2-1-3-8-26)33-25-12-15-29-23(20-25)21-31-35(29)19-18-34-17-16-22-6-4-5-9-28(22)34/h1-15,20-21H,16-19H2,(H2,32,33,36). The molecule has 1 aliphatic rings. The number of para-hydroxylation sites is 2. The molecule has 2 amide bonds. The Morgan fingerprint density at radius 3 is 2.41 bits per heavy atom. The van der Waals surface area contributed by atoms with E-state index >= 15 is 0 Å². The van der Waals surface area contributed by atoms with Crippen LogP contribution in [0.3, 0.4) is 0 Å². The summed E-state index contributed by atoms with van der Waals surface area (Å²) in [5, 5.41) is 11.3. The molecule has 0 aliphatic carbocycles. The van der Waals surface area contributed by atoms with E-state index in [2.05, 4.69) is 44.9 Å². The minimum absolute atomic E-state index is 0.309. The van der Waals surface area contributed by atoms with Gasteiger partial charge in [0.25, 0.3) is 0 Å². The fourth-order valence-corrected chi connectivity index (χ4v) is 4.72. The van der Waals surface area contributed by atoms with Gasteiger partial charge in [-0.2, -0.15) is 5.10 Å². The minimum Gasteiger partial charge on any atom is -0.457 e. The molecule has 5 aromatic rings. The van der Waals surface area contributed by atoms with Gasteiger partial charge in [-0.05, 0) is 72.6 Å². The number of carbonyl (C=O) groups is 1. The average molecular weight is 490 g/mol. The normalized spacial score (nSPS) is 12.4. The number of ether oxygens (including phenoxy) is 1. The lowest BCUT2D eigenvalue weighted by Crippen LogP contribution is -2.25. The molecule has 0 unspecified atom stereocenters. The van der Waals surface area contributed by atoms with E-state index in [-0.39, 0.29) is 6.03 Å². The number of urea groups is 1. The number of carbonyl (C=O) groups excluding carboxylic acids is 1. The zero-order valence-electron chi connectivity index (χ0n) is 20.3. The van der Waals surface area contributed by atoms with Crippen molar-refractivity contribution in [2.24, 2.45) is 0 Å². The first-order chi connectivity index (χ1) is 18.2. The van der Waals surface area contributed by atoms with Crippen molar-refractivity contribution in [2.75, 3.05) is 28.6 Å². The van der Waals surface area contributed by atoms with Crippen LogP contribution in [0.25, 0.3) is 10.9 Å². The summed E-state index contributed by atoms with van der Waals surface area (Å²) in [6, 6.07) is 31.0. The smallest absolute Gasteiger partial charge is 0.323 e. The quantitative estimate of drug-likeness (QED) is 0.272. The van der Waals surface area contributed by atoms with Gasteiger partial charge in [0.15, 0.2) is 0 Å². The second kappa shape index (κ2) is 10.1. The van der Waals surface area contributed by atoms with Crippen LogP contribution in [-0.4, -0.2) is 28.9 Å². The van der Waals surface area contributed by atoms with Crippen LogP contribution in [0.5, 0.6) is 11.5 Å². The first kappa shape index (κ1) is 22.7. The number of hydrogen-bond acceptors (Lipinski definition) is 4. The van der Waals surface area contributed by atoms with Gasteiger partial charge in [0.05, 0.1) is 18.3 Å². The lowest BCUT2D eigenvalue weighted by molar-refractivity contribution is 0.262. The molecule has 2 N–H and O–H groups in total. The second-order valence-corrected chi connectivity index (χ2v) is 9.03. The van der Waals surface area contributed by atoms with Crippen LogP contribution in [-0.2, 0) is 13.0 Å². The Morgan fingerprint density at radius 2 is 1.54 bits per heavy atom. The van der Waals surface area contributed by atoms with Gasteiger partial charge in [-0.1, -0.05) is 36.4 Å². The third kappa shape index (κ3) is 5.11. The first-order valence-corrected chi connectivity index (χ1v) is 12.4. The van der Waals surface area contributed by atoms with E-state index in [4.69, 9.17) is 4.74 Å². The number of hydrogen-bond donors (Lipinski definition) is 2. The molecule has 7 heteroatoms. The van der Waals surface area contributed by atoms with Crippen molar-refractivity contribution in [3.63, 3.8) is 0 Å². The van der Waals surface area contributed by atoms with Crippen molar-refractivity contribution in [1.29, 1.82) is 0 Å². The zero-order chi connectivity index (χ0) is 25.0. The number of anilines is 3. The molecule has 37 heavy (non-hydrogen) atoms. The fourth-order valence-electron chi connectivity index (χ4n) is 4.72. The Kier molecular flexibility index (Phi) is 6.17. The fraction of sp³-hybridized carbons (Fsp3) is 0.133. The molecule has 0 fully saturated rings. The van der Waals surface area contributed by atoms with Crippen LogP contribution in [0.4, 0.5) is 21.9 Å². The highest BCUT2D eigenvalue weighted by Crippen LogP contribution is 2.28. The van der Waals surface area contributed by atoms with Gasteiger partial charge in [0.1, 0.15) is 11.5 Å². The first-order valence-electron chi connectivity index (χ1n) is 12.4. The summed E-state index contributed by atoms with van der Waals surface area (Å²) in [4.78, 5) is 15.0. The Morgan fingerprint density at radius 1 is 0.811 bits per heavy atom. The number of benzene rings is 4. The van der Waals surface area contributed by atoms with Gasteiger partial charge in [-0.3, -0.25) is 4.68 Å². The third-order valence-corrected chi connectivity index (χ3v) is 6.56. The number of amides is 2. The van der Waals surface area contributed by atoms with Crippen LogP contribution in [0, 0.1) is 0 Å². The molecule has 1 aromatic heterocycles. The number of rotatable bonds is 7. The molecule has 0 saturated heterocycles. The average Bonchev–Trinajstić information content (AvgIpc) is 3.53. The van der Waals surface area contributed by atoms with Crippen LogP contribution in [0.15, 0.2) is 103 Å². The zero-order valence-corrected chi connectivity index (χ0v) is 20.3. The van der Waals surface area contributed by atoms with E-state index in [1.807, 2.05) is 83.7 Å². The summed E-state index contributed by atoms with van der Waals surface area (Å²) in [5.41, 5.74) is 5.18. The van der Waals surface area contributed by atoms with Crippen LogP contribution < -0.4 is 20.3 Å². The van der Waals surface area contributed by atoms with Crippen molar-refractivity contribution in [2.45, 2.75) is 13.0 Å². The SMILES string of the molecule is O=C(Nc1ccc(Oc2ccccc2)cc1)Nc1ccc2c(cnn2CCN2CCc3ccccc32)c1. The van der Waals surface area contributed by atoms with Crippen molar-refractivity contribution >= 4 is 34.0 Å². The number of nitrogens with zero attached hydrogens (tertiary/aromatic N) is 3. The molecule has 4 aromatic carbocycles. The molecule has 7 nitrogen and oxygen atoms in total. The maximum atomic E-state index is 12.6. The highest BCUT2D eigenvalue weighted by atomic mass is 16.5. The number of nitrogens with one attached hydrogen (secondary N) is 2. The van der Waals surface area contributed by atoms with Crippen LogP contribution in [0.1, 0.15) is 5.56 Å². The largest absolute Gasteiger partial charge is 0.457 e. The number of fused-ring (bicyclic) bond motifs is 2. The molecule has 184 valence electrons. The van der Waals surface area contributed by atoms with Gasteiger partial charge < -0.3 is 20.3 Å². The van der Waals surface area contributed by atoms with E-state index < -0.39 is 0 Å². The summed E-state index contributed by atoms with van der Waals surface area (Å²) in [7, 11) is 0. The van der Waals surface area contributed by atoms with Crippen molar-refractivity contribution in [3.8, 4) is 11.5 Å². The van der Waals surface area contributed by atoms with E-state index in [1.165, 1.54) is 11.3 Å². The van der Waals surface area contributed by atoms with E-state index in [0.717, 1.165) is 42.7 Å². The van der Waals surface area contributed by atoms with Gasteiger partial charge in [0, 0.05) is 35.5 Å². The molecular weight excluding hydrogens is 462 g/mol.